The molecule has 0 saturated heterocycles. The van der Waals surface area contributed by atoms with Crippen molar-refractivity contribution in [2.75, 3.05) is 26.2 Å². The van der Waals surface area contributed by atoms with Crippen molar-refractivity contribution in [2.24, 2.45) is 0 Å². The van der Waals surface area contributed by atoms with Gasteiger partial charge in [0.05, 0.1) is 0 Å². The zero-order valence-electron chi connectivity index (χ0n) is 16.2. The van der Waals surface area contributed by atoms with Crippen LogP contribution < -0.4 is 10.6 Å². The van der Waals surface area contributed by atoms with Crippen LogP contribution in [-0.4, -0.2) is 71.4 Å². The summed E-state index contributed by atoms with van der Waals surface area (Å²) >= 11 is 0. The maximum Gasteiger partial charge on any atom is 0.226 e. The topological polar surface area (TPSA) is 133 Å². The molecule has 148 valence electrons. The maximum atomic E-state index is 11.1. The lowest BCUT2D eigenvalue weighted by Crippen LogP contribution is -2.43. The molecule has 26 heavy (non-hydrogen) atoms. The van der Waals surface area contributed by atoms with Crippen molar-refractivity contribution in [3.63, 3.8) is 0 Å². The largest absolute Gasteiger partial charge is 0.355 e. The number of nitrogens with zero attached hydrogens (tertiary/aromatic N) is 2. The SMILES string of the molecule is CC(=O)N(CCN(C(C)=O)C(C)=O)C(C)=O.CC(=O)NCCNC(C)=O. The van der Waals surface area contributed by atoms with Gasteiger partial charge >= 0.3 is 0 Å². The second-order valence-corrected chi connectivity index (χ2v) is 5.35. The monoisotopic (exact) mass is 372 g/mol. The molecule has 0 bridgehead atoms. The molecule has 0 spiro atoms. The molecule has 0 rings (SSSR count). The number of rotatable bonds is 6. The van der Waals surface area contributed by atoms with Crippen molar-refractivity contribution in [3.8, 4) is 0 Å². The van der Waals surface area contributed by atoms with Crippen LogP contribution in [-0.2, 0) is 28.8 Å². The summed E-state index contributed by atoms with van der Waals surface area (Å²) in [5.41, 5.74) is 0. The molecule has 2 N–H and O–H groups in total. The van der Waals surface area contributed by atoms with E-state index >= 15 is 0 Å². The van der Waals surface area contributed by atoms with E-state index in [1.54, 1.807) is 0 Å². The van der Waals surface area contributed by atoms with Gasteiger partial charge in [0.15, 0.2) is 0 Å². The molecular formula is C16H28N4O6. The third kappa shape index (κ3) is 13.6. The highest BCUT2D eigenvalue weighted by Crippen LogP contribution is 1.96. The van der Waals surface area contributed by atoms with Gasteiger partial charge in [-0.15, -0.1) is 0 Å². The number of nitrogens with one attached hydrogen (secondary N) is 2. The Morgan fingerprint density at radius 2 is 0.769 bits per heavy atom. The van der Waals surface area contributed by atoms with Gasteiger partial charge in [0, 0.05) is 67.7 Å². The second kappa shape index (κ2) is 13.5. The van der Waals surface area contributed by atoms with Crippen LogP contribution in [0.2, 0.25) is 0 Å². The van der Waals surface area contributed by atoms with E-state index in [0.717, 1.165) is 9.80 Å². The Kier molecular flexibility index (Phi) is 13.2. The van der Waals surface area contributed by atoms with Gasteiger partial charge in [-0.2, -0.15) is 0 Å². The number of imide groups is 2. The Hall–Kier alpha value is -2.78. The highest BCUT2D eigenvalue weighted by Gasteiger charge is 2.18. The molecule has 0 aliphatic rings. The molecule has 0 saturated carbocycles. The molecule has 0 atom stereocenters. The van der Waals surface area contributed by atoms with Gasteiger partial charge in [0.25, 0.3) is 0 Å². The van der Waals surface area contributed by atoms with Crippen LogP contribution in [0.3, 0.4) is 0 Å². The van der Waals surface area contributed by atoms with Crippen LogP contribution in [0.15, 0.2) is 0 Å². The van der Waals surface area contributed by atoms with E-state index in [2.05, 4.69) is 10.6 Å². The summed E-state index contributed by atoms with van der Waals surface area (Å²) < 4.78 is 0. The van der Waals surface area contributed by atoms with E-state index in [0.29, 0.717) is 13.1 Å². The lowest BCUT2D eigenvalue weighted by Gasteiger charge is -2.22. The number of carbonyl (C=O) groups is 6. The summed E-state index contributed by atoms with van der Waals surface area (Å²) in [5, 5.41) is 5.09. The quantitative estimate of drug-likeness (QED) is 0.577. The highest BCUT2D eigenvalue weighted by atomic mass is 16.2. The molecule has 0 aromatic rings. The van der Waals surface area contributed by atoms with E-state index in [1.807, 2.05) is 0 Å². The lowest BCUT2D eigenvalue weighted by atomic mass is 10.4. The number of hydrogen-bond donors (Lipinski definition) is 2. The minimum Gasteiger partial charge on any atom is -0.355 e. The third-order valence-electron chi connectivity index (χ3n) is 2.94. The summed E-state index contributed by atoms with van der Waals surface area (Å²) in [6.07, 6.45) is 0. The third-order valence-corrected chi connectivity index (χ3v) is 2.94. The van der Waals surface area contributed by atoms with Gasteiger partial charge < -0.3 is 10.6 Å². The van der Waals surface area contributed by atoms with Gasteiger partial charge in [0.1, 0.15) is 0 Å². The van der Waals surface area contributed by atoms with Gasteiger partial charge in [-0.25, -0.2) is 0 Å². The fraction of sp³-hybridized carbons (Fsp3) is 0.625. The van der Waals surface area contributed by atoms with E-state index in [1.165, 1.54) is 41.5 Å². The maximum absolute atomic E-state index is 11.1. The first-order valence-electron chi connectivity index (χ1n) is 7.96. The molecule has 0 aromatic heterocycles. The average Bonchev–Trinajstić information content (AvgIpc) is 2.46. The number of hydrogen-bond acceptors (Lipinski definition) is 6. The molecule has 0 radical (unpaired) electrons. The highest BCUT2D eigenvalue weighted by molar-refractivity contribution is 5.94. The summed E-state index contributed by atoms with van der Waals surface area (Å²) in [5.74, 6) is -1.77. The fourth-order valence-corrected chi connectivity index (χ4v) is 1.75. The summed E-state index contributed by atoms with van der Waals surface area (Å²) in [6.45, 7) is 8.96. The minimum atomic E-state index is -0.403. The van der Waals surface area contributed by atoms with Crippen LogP contribution in [0, 0.1) is 0 Å². The Balaban J connectivity index is 0. The first-order chi connectivity index (χ1) is 11.9. The van der Waals surface area contributed by atoms with Crippen molar-refractivity contribution < 1.29 is 28.8 Å². The normalized spacial score (nSPS) is 9.15. The minimum absolute atomic E-state index is 0.0316. The van der Waals surface area contributed by atoms with Crippen LogP contribution in [0.5, 0.6) is 0 Å². The van der Waals surface area contributed by atoms with Gasteiger partial charge in [-0.3, -0.25) is 38.6 Å². The average molecular weight is 372 g/mol. The van der Waals surface area contributed by atoms with Crippen molar-refractivity contribution >= 4 is 35.4 Å². The molecule has 0 unspecified atom stereocenters. The Morgan fingerprint density at radius 3 is 0.923 bits per heavy atom. The molecule has 10 nitrogen and oxygen atoms in total. The zero-order chi connectivity index (χ0) is 20.9. The van der Waals surface area contributed by atoms with Crippen molar-refractivity contribution in [2.45, 2.75) is 41.5 Å². The first-order valence-corrected chi connectivity index (χ1v) is 7.96. The lowest BCUT2D eigenvalue weighted by molar-refractivity contribution is -0.147. The zero-order valence-corrected chi connectivity index (χ0v) is 16.2. The molecule has 0 aliphatic carbocycles. The van der Waals surface area contributed by atoms with E-state index in [9.17, 15) is 28.8 Å². The first kappa shape index (κ1) is 25.5. The molecule has 0 aromatic carbocycles. The van der Waals surface area contributed by atoms with Crippen molar-refractivity contribution in [3.05, 3.63) is 0 Å². The molecule has 0 aliphatic heterocycles. The van der Waals surface area contributed by atoms with Crippen molar-refractivity contribution in [1.82, 2.24) is 20.4 Å². The number of amides is 6. The molecule has 0 heterocycles. The molecule has 6 amide bonds. The van der Waals surface area contributed by atoms with Crippen LogP contribution in [0.1, 0.15) is 41.5 Å². The Morgan fingerprint density at radius 1 is 0.538 bits per heavy atom. The molecule has 10 heteroatoms. The predicted molar refractivity (Wildman–Crippen MR) is 93.5 cm³/mol. The fourth-order valence-electron chi connectivity index (χ4n) is 1.75. The van der Waals surface area contributed by atoms with Crippen molar-refractivity contribution in [1.29, 1.82) is 0 Å². The smallest absolute Gasteiger partial charge is 0.226 e. The van der Waals surface area contributed by atoms with E-state index < -0.39 is 23.6 Å². The van der Waals surface area contributed by atoms with Crippen LogP contribution in [0.25, 0.3) is 0 Å². The van der Waals surface area contributed by atoms with Gasteiger partial charge in [0.2, 0.25) is 35.4 Å². The van der Waals surface area contributed by atoms with Crippen LogP contribution >= 0.6 is 0 Å². The molecule has 0 fully saturated rings. The standard InChI is InChI=1S/C10H16N2O4.C6H12N2O2/c1-7(13)11(8(2)14)5-6-12(9(3)15)10(4)16;1-5(9)7-3-4-8-6(2)10/h5-6H2,1-4H3;3-4H2,1-2H3,(H,7,9)(H,8,10). The van der Waals surface area contributed by atoms with E-state index in [4.69, 9.17) is 0 Å². The van der Waals surface area contributed by atoms with Gasteiger partial charge in [-0.05, 0) is 0 Å². The summed E-state index contributed by atoms with van der Waals surface area (Å²) in [7, 11) is 0. The number of carbonyl (C=O) groups excluding carboxylic acids is 6. The van der Waals surface area contributed by atoms with Gasteiger partial charge in [-0.1, -0.05) is 0 Å². The van der Waals surface area contributed by atoms with E-state index in [-0.39, 0.29) is 24.9 Å². The summed E-state index contributed by atoms with van der Waals surface area (Å²) in [4.78, 5) is 66.7. The predicted octanol–water partition coefficient (Wildman–Crippen LogP) is -0.965. The Bertz CT molecular complexity index is 471. The second-order valence-electron chi connectivity index (χ2n) is 5.35. The Labute approximate surface area is 153 Å². The summed E-state index contributed by atoms with van der Waals surface area (Å²) in [6, 6.07) is 0. The molecular weight excluding hydrogens is 344 g/mol. The van der Waals surface area contributed by atoms with Crippen LogP contribution in [0.4, 0.5) is 0 Å².